The van der Waals surface area contributed by atoms with Crippen LogP contribution in [0.25, 0.3) is 0 Å². The maximum absolute atomic E-state index is 12.1. The van der Waals surface area contributed by atoms with E-state index in [0.29, 0.717) is 13.0 Å². The lowest BCUT2D eigenvalue weighted by molar-refractivity contribution is -0.151. The number of carbonyl (C=O) groups excluding carboxylic acids is 1. The van der Waals surface area contributed by atoms with Gasteiger partial charge < -0.3 is 10.0 Å². The maximum Gasteiger partial charge on any atom is 0.326 e. The molecule has 2 rings (SSSR count). The standard InChI is InChI=1S/C15H16N2O3/c1-2-7-16-9-14(18)17-10-12-6-4-3-5-11(12)8-13(17)15(19)20/h1,3-6,13,16H,7-10H2,(H,19,20). The SMILES string of the molecule is C#CCNCC(=O)N1Cc2ccccc2CC1C(=O)O. The number of hydrogen-bond donors (Lipinski definition) is 2. The Hall–Kier alpha value is -2.32. The zero-order valence-corrected chi connectivity index (χ0v) is 11.0. The van der Waals surface area contributed by atoms with E-state index in [4.69, 9.17) is 6.42 Å². The van der Waals surface area contributed by atoms with Crippen LogP contribution in [0.3, 0.4) is 0 Å². The molecule has 1 aromatic rings. The number of hydrogen-bond acceptors (Lipinski definition) is 3. The van der Waals surface area contributed by atoms with Crippen molar-refractivity contribution in [1.29, 1.82) is 0 Å². The van der Waals surface area contributed by atoms with E-state index < -0.39 is 12.0 Å². The van der Waals surface area contributed by atoms with Crippen molar-refractivity contribution in [2.24, 2.45) is 0 Å². The summed E-state index contributed by atoms with van der Waals surface area (Å²) in [6.07, 6.45) is 5.44. The van der Waals surface area contributed by atoms with Gasteiger partial charge in [-0.15, -0.1) is 6.42 Å². The summed E-state index contributed by atoms with van der Waals surface area (Å²) in [5.41, 5.74) is 1.98. The van der Waals surface area contributed by atoms with Crippen LogP contribution < -0.4 is 5.32 Å². The van der Waals surface area contributed by atoms with Gasteiger partial charge in [0, 0.05) is 13.0 Å². The highest BCUT2D eigenvalue weighted by molar-refractivity contribution is 5.85. The molecule has 0 aromatic heterocycles. The zero-order valence-electron chi connectivity index (χ0n) is 11.0. The molecule has 2 N–H and O–H groups in total. The van der Waals surface area contributed by atoms with E-state index >= 15 is 0 Å². The predicted octanol–water partition coefficient (Wildman–Crippen LogP) is 0.247. The second-order valence-corrected chi connectivity index (χ2v) is 4.66. The van der Waals surface area contributed by atoms with Crippen LogP contribution in [0, 0.1) is 12.3 Å². The van der Waals surface area contributed by atoms with Crippen molar-refractivity contribution in [3.05, 3.63) is 35.4 Å². The van der Waals surface area contributed by atoms with E-state index in [-0.39, 0.29) is 19.0 Å². The van der Waals surface area contributed by atoms with Gasteiger partial charge in [0.2, 0.25) is 5.91 Å². The first-order chi connectivity index (χ1) is 9.63. The minimum atomic E-state index is -0.982. The highest BCUT2D eigenvalue weighted by atomic mass is 16.4. The van der Waals surface area contributed by atoms with E-state index in [1.54, 1.807) is 0 Å². The molecule has 0 spiro atoms. The number of benzene rings is 1. The Morgan fingerprint density at radius 3 is 2.75 bits per heavy atom. The van der Waals surface area contributed by atoms with E-state index in [2.05, 4.69) is 11.2 Å². The Bertz CT molecular complexity index is 562. The summed E-state index contributed by atoms with van der Waals surface area (Å²) < 4.78 is 0. The number of carbonyl (C=O) groups is 2. The number of rotatable bonds is 4. The first-order valence-corrected chi connectivity index (χ1v) is 6.36. The highest BCUT2D eigenvalue weighted by Gasteiger charge is 2.33. The monoisotopic (exact) mass is 272 g/mol. The lowest BCUT2D eigenvalue weighted by Gasteiger charge is -2.34. The third kappa shape index (κ3) is 2.98. The number of terminal acetylenes is 1. The summed E-state index contributed by atoms with van der Waals surface area (Å²) in [5.74, 6) is 1.15. The summed E-state index contributed by atoms with van der Waals surface area (Å²) in [7, 11) is 0. The fourth-order valence-electron chi connectivity index (χ4n) is 2.35. The van der Waals surface area contributed by atoms with Crippen LogP contribution >= 0.6 is 0 Å². The normalized spacial score (nSPS) is 17.1. The van der Waals surface area contributed by atoms with Crippen molar-refractivity contribution in [2.45, 2.75) is 19.0 Å². The third-order valence-corrected chi connectivity index (χ3v) is 3.36. The summed E-state index contributed by atoms with van der Waals surface area (Å²) in [5, 5.41) is 12.1. The van der Waals surface area contributed by atoms with Gasteiger partial charge in [-0.25, -0.2) is 4.79 Å². The summed E-state index contributed by atoms with van der Waals surface area (Å²) in [6.45, 7) is 0.660. The third-order valence-electron chi connectivity index (χ3n) is 3.36. The molecule has 20 heavy (non-hydrogen) atoms. The molecular weight excluding hydrogens is 256 g/mol. The predicted molar refractivity (Wildman–Crippen MR) is 73.8 cm³/mol. The molecule has 1 aromatic carbocycles. The van der Waals surface area contributed by atoms with Gasteiger partial charge in [0.1, 0.15) is 6.04 Å². The summed E-state index contributed by atoms with van der Waals surface area (Å²) in [6, 6.07) is 6.78. The lowest BCUT2D eigenvalue weighted by Crippen LogP contribution is -2.51. The van der Waals surface area contributed by atoms with E-state index in [9.17, 15) is 14.7 Å². The second-order valence-electron chi connectivity index (χ2n) is 4.66. The van der Waals surface area contributed by atoms with Gasteiger partial charge in [0.25, 0.3) is 0 Å². The van der Waals surface area contributed by atoms with Crippen molar-refractivity contribution >= 4 is 11.9 Å². The minimum absolute atomic E-state index is 0.0517. The number of nitrogens with zero attached hydrogens (tertiary/aromatic N) is 1. The minimum Gasteiger partial charge on any atom is -0.480 e. The molecule has 0 saturated carbocycles. The molecule has 0 fully saturated rings. The van der Waals surface area contributed by atoms with Gasteiger partial charge in [0.05, 0.1) is 13.1 Å². The number of nitrogens with one attached hydrogen (secondary N) is 1. The average molecular weight is 272 g/mol. The van der Waals surface area contributed by atoms with Gasteiger partial charge in [-0.2, -0.15) is 0 Å². The van der Waals surface area contributed by atoms with Crippen LogP contribution in [-0.4, -0.2) is 41.0 Å². The van der Waals surface area contributed by atoms with Crippen molar-refractivity contribution in [1.82, 2.24) is 10.2 Å². The second kappa shape index (κ2) is 6.22. The highest BCUT2D eigenvalue weighted by Crippen LogP contribution is 2.23. The van der Waals surface area contributed by atoms with Crippen molar-refractivity contribution in [3.63, 3.8) is 0 Å². The van der Waals surface area contributed by atoms with Crippen molar-refractivity contribution in [3.8, 4) is 12.3 Å². The van der Waals surface area contributed by atoms with Crippen molar-refractivity contribution in [2.75, 3.05) is 13.1 Å². The van der Waals surface area contributed by atoms with Crippen LogP contribution in [0.1, 0.15) is 11.1 Å². The Morgan fingerprint density at radius 1 is 1.40 bits per heavy atom. The Balaban J connectivity index is 2.16. The van der Waals surface area contributed by atoms with E-state index in [0.717, 1.165) is 11.1 Å². The molecule has 1 amide bonds. The molecule has 5 nitrogen and oxygen atoms in total. The number of fused-ring (bicyclic) bond motifs is 1. The van der Waals surface area contributed by atoms with Crippen molar-refractivity contribution < 1.29 is 14.7 Å². The van der Waals surface area contributed by atoms with Gasteiger partial charge >= 0.3 is 5.97 Å². The average Bonchev–Trinajstić information content (AvgIpc) is 2.46. The van der Waals surface area contributed by atoms with E-state index in [1.165, 1.54) is 4.90 Å². The molecule has 0 saturated heterocycles. The molecule has 1 atom stereocenters. The number of carboxylic acid groups (broad SMARTS) is 1. The first-order valence-electron chi connectivity index (χ1n) is 6.36. The van der Waals surface area contributed by atoms with Crippen LogP contribution in [-0.2, 0) is 22.6 Å². The Kier molecular flexibility index (Phi) is 4.38. The van der Waals surface area contributed by atoms with Crippen LogP contribution in [0.2, 0.25) is 0 Å². The van der Waals surface area contributed by atoms with Crippen LogP contribution in [0.15, 0.2) is 24.3 Å². The molecule has 1 aliphatic heterocycles. The number of aliphatic carboxylic acids is 1. The molecule has 1 unspecified atom stereocenters. The number of carboxylic acids is 1. The fraction of sp³-hybridized carbons (Fsp3) is 0.333. The fourth-order valence-corrected chi connectivity index (χ4v) is 2.35. The van der Waals surface area contributed by atoms with E-state index in [1.807, 2.05) is 24.3 Å². The van der Waals surface area contributed by atoms with Gasteiger partial charge in [-0.3, -0.25) is 10.1 Å². The van der Waals surface area contributed by atoms with Gasteiger partial charge in [0.15, 0.2) is 0 Å². The lowest BCUT2D eigenvalue weighted by atomic mass is 9.94. The molecular formula is C15H16N2O3. The maximum atomic E-state index is 12.1. The van der Waals surface area contributed by atoms with Gasteiger partial charge in [-0.05, 0) is 11.1 Å². The molecule has 0 aliphatic carbocycles. The molecule has 0 bridgehead atoms. The molecule has 5 heteroatoms. The quantitative estimate of drug-likeness (QED) is 0.609. The zero-order chi connectivity index (χ0) is 14.5. The number of amides is 1. The molecule has 0 radical (unpaired) electrons. The smallest absolute Gasteiger partial charge is 0.326 e. The Morgan fingerprint density at radius 2 is 2.10 bits per heavy atom. The Labute approximate surface area is 117 Å². The van der Waals surface area contributed by atoms with Crippen LogP contribution in [0.5, 0.6) is 0 Å². The first kappa shape index (κ1) is 14.1. The summed E-state index contributed by atoms with van der Waals surface area (Å²) >= 11 is 0. The topological polar surface area (TPSA) is 69.6 Å². The molecule has 1 aliphatic rings. The molecule has 104 valence electrons. The summed E-state index contributed by atoms with van der Waals surface area (Å²) in [4.78, 5) is 24.9. The van der Waals surface area contributed by atoms with Crippen LogP contribution in [0.4, 0.5) is 0 Å². The van der Waals surface area contributed by atoms with Gasteiger partial charge in [-0.1, -0.05) is 30.2 Å². The molecule has 1 heterocycles. The largest absolute Gasteiger partial charge is 0.480 e.